The summed E-state index contributed by atoms with van der Waals surface area (Å²) in [6, 6.07) is 7.93. The zero-order chi connectivity index (χ0) is 21.4. The maximum absolute atomic E-state index is 13.0. The number of rotatable bonds is 11. The van der Waals surface area contributed by atoms with Crippen LogP contribution in [0.4, 0.5) is 10.8 Å². The number of thiazole rings is 1. The van der Waals surface area contributed by atoms with E-state index in [0.717, 1.165) is 17.7 Å². The van der Waals surface area contributed by atoms with Crippen LogP contribution in [0.15, 0.2) is 29.6 Å². The molecule has 0 aliphatic rings. The van der Waals surface area contributed by atoms with Gasteiger partial charge in [-0.15, -0.1) is 11.3 Å². The Balaban J connectivity index is 2.37. The van der Waals surface area contributed by atoms with Gasteiger partial charge in [-0.2, -0.15) is 0 Å². The van der Waals surface area contributed by atoms with Gasteiger partial charge in [0.25, 0.3) is 0 Å². The number of carboxylic acid groups (broad SMARTS) is 1. The number of nitrogens with one attached hydrogen (secondary N) is 1. The minimum Gasteiger partial charge on any atom is -0.550 e. The summed E-state index contributed by atoms with van der Waals surface area (Å²) in [6.07, 6.45) is 1.11. The highest BCUT2D eigenvalue weighted by Crippen LogP contribution is 2.39. The minimum atomic E-state index is -1.18. The Morgan fingerprint density at radius 1 is 1.24 bits per heavy atom. The van der Waals surface area contributed by atoms with Crippen LogP contribution in [0.2, 0.25) is 0 Å². The van der Waals surface area contributed by atoms with E-state index in [-0.39, 0.29) is 19.4 Å². The molecule has 0 radical (unpaired) electrons. The van der Waals surface area contributed by atoms with E-state index in [2.05, 4.69) is 24.1 Å². The lowest BCUT2D eigenvalue weighted by molar-refractivity contribution is -0.306. The number of hydrogen-bond donors (Lipinski definition) is 1. The largest absolute Gasteiger partial charge is 0.550 e. The molecule has 0 unspecified atom stereocenters. The summed E-state index contributed by atoms with van der Waals surface area (Å²) in [5, 5.41) is 16.9. The van der Waals surface area contributed by atoms with Gasteiger partial charge >= 0.3 is 5.97 Å². The van der Waals surface area contributed by atoms with E-state index in [4.69, 9.17) is 4.74 Å². The molecule has 0 spiro atoms. The van der Waals surface area contributed by atoms with Crippen molar-refractivity contribution >= 4 is 34.1 Å². The molecule has 2 rings (SSSR count). The molecule has 158 valence electrons. The van der Waals surface area contributed by atoms with Gasteiger partial charge in [0.1, 0.15) is 5.41 Å². The number of aryl methyl sites for hydroxylation is 1. The van der Waals surface area contributed by atoms with E-state index < -0.39 is 17.4 Å². The summed E-state index contributed by atoms with van der Waals surface area (Å²) < 4.78 is 5.36. The van der Waals surface area contributed by atoms with Crippen molar-refractivity contribution in [3.05, 3.63) is 40.9 Å². The third kappa shape index (κ3) is 6.29. The molecule has 6 nitrogen and oxygen atoms in total. The number of carbonyl (C=O) groups excluding carboxylic acids is 2. The van der Waals surface area contributed by atoms with Crippen LogP contribution < -0.4 is 10.4 Å². The van der Waals surface area contributed by atoms with E-state index in [0.29, 0.717) is 23.2 Å². The zero-order valence-corrected chi connectivity index (χ0v) is 18.3. The second kappa shape index (κ2) is 10.4. The molecule has 29 heavy (non-hydrogen) atoms. The Labute approximate surface area is 176 Å². The summed E-state index contributed by atoms with van der Waals surface area (Å²) >= 11 is 1.39. The fourth-order valence-corrected chi connectivity index (χ4v) is 3.95. The van der Waals surface area contributed by atoms with E-state index >= 15 is 0 Å². The molecule has 1 N–H and O–H groups in total. The number of benzene rings is 1. The minimum absolute atomic E-state index is 0.106. The van der Waals surface area contributed by atoms with Crippen LogP contribution in [0.3, 0.4) is 0 Å². The van der Waals surface area contributed by atoms with E-state index in [1.165, 1.54) is 11.3 Å². The molecule has 0 saturated carbocycles. The topological polar surface area (TPSA) is 91.4 Å². The number of hydrogen-bond acceptors (Lipinski definition) is 7. The maximum atomic E-state index is 13.0. The van der Waals surface area contributed by atoms with Crippen LogP contribution in [0, 0.1) is 12.8 Å². The molecule has 0 aliphatic carbocycles. The molecule has 1 aromatic heterocycles. The first-order chi connectivity index (χ1) is 13.8. The van der Waals surface area contributed by atoms with Gasteiger partial charge in [0.15, 0.2) is 5.13 Å². The number of nitrogens with zero attached hydrogens (tertiary/aromatic N) is 1. The van der Waals surface area contributed by atoms with E-state index in [1.807, 2.05) is 36.6 Å². The Hall–Kier alpha value is -2.41. The highest BCUT2D eigenvalue weighted by molar-refractivity contribution is 7.13. The van der Waals surface area contributed by atoms with E-state index in [9.17, 15) is 14.7 Å². The first-order valence-electron chi connectivity index (χ1n) is 9.93. The molecule has 7 heteroatoms. The Bertz CT molecular complexity index is 816. The summed E-state index contributed by atoms with van der Waals surface area (Å²) in [7, 11) is 0. The van der Waals surface area contributed by atoms with E-state index in [1.54, 1.807) is 6.92 Å². The van der Waals surface area contributed by atoms with Gasteiger partial charge in [0.2, 0.25) is 0 Å². The van der Waals surface area contributed by atoms with Crippen molar-refractivity contribution < 1.29 is 19.4 Å². The number of carboxylic acids is 1. The van der Waals surface area contributed by atoms with Crippen molar-refractivity contribution in [1.82, 2.24) is 4.98 Å². The second-order valence-corrected chi connectivity index (χ2v) is 8.49. The van der Waals surface area contributed by atoms with Crippen LogP contribution >= 0.6 is 11.3 Å². The number of aromatic nitrogens is 1. The highest BCUT2D eigenvalue weighted by Gasteiger charge is 2.43. The predicted molar refractivity (Wildman–Crippen MR) is 113 cm³/mol. The Kier molecular flexibility index (Phi) is 8.20. The molecule has 0 amide bonds. The molecule has 1 atom stereocenters. The number of anilines is 2. The lowest BCUT2D eigenvalue weighted by atomic mass is 9.75. The average molecular weight is 418 g/mol. The molecule has 0 saturated heterocycles. The van der Waals surface area contributed by atoms with Gasteiger partial charge in [0, 0.05) is 17.0 Å². The highest BCUT2D eigenvalue weighted by atomic mass is 32.1. The molecular weight excluding hydrogens is 388 g/mol. The Morgan fingerprint density at radius 3 is 2.52 bits per heavy atom. The second-order valence-electron chi connectivity index (χ2n) is 7.64. The van der Waals surface area contributed by atoms with Crippen molar-refractivity contribution in [3.8, 4) is 0 Å². The quantitative estimate of drug-likeness (QED) is 0.557. The van der Waals surface area contributed by atoms with Gasteiger partial charge in [-0.1, -0.05) is 31.5 Å². The van der Waals surface area contributed by atoms with Gasteiger partial charge < -0.3 is 20.0 Å². The van der Waals surface area contributed by atoms with Gasteiger partial charge in [-0.3, -0.25) is 4.79 Å². The van der Waals surface area contributed by atoms with Crippen LogP contribution in [-0.2, 0) is 19.7 Å². The van der Waals surface area contributed by atoms with Crippen LogP contribution in [0.25, 0.3) is 0 Å². The molecule has 2 aromatic rings. The standard InChI is InChI=1S/C22H30N2O4S/c1-5-28-20(27)22(12-10-15(2)3,13-11-19(25)26)18-14-29-21(24-18)23-17-8-6-16(4)7-9-17/h6-9,14-15H,5,10-13H2,1-4H3,(H,23,24)(H,25,26)/p-1/t22-/m0/s1. The fourth-order valence-electron chi connectivity index (χ4n) is 3.12. The number of esters is 1. The number of aliphatic carboxylic acids is 1. The summed E-state index contributed by atoms with van der Waals surface area (Å²) in [4.78, 5) is 28.8. The maximum Gasteiger partial charge on any atom is 0.318 e. The molecule has 0 aliphatic heterocycles. The molecular formula is C22H29N2O4S-. The number of carbonyl (C=O) groups is 2. The van der Waals surface area contributed by atoms with Crippen LogP contribution in [0.5, 0.6) is 0 Å². The summed E-state index contributed by atoms with van der Waals surface area (Å²) in [6.45, 7) is 8.13. The smallest absolute Gasteiger partial charge is 0.318 e. The SMILES string of the molecule is CCOC(=O)[C@](CCC(=O)[O-])(CCC(C)C)c1csc(Nc2ccc(C)cc2)n1. The van der Waals surface area contributed by atoms with Gasteiger partial charge in [0.05, 0.1) is 12.3 Å². The van der Waals surface area contributed by atoms with Crippen molar-refractivity contribution in [1.29, 1.82) is 0 Å². The normalized spacial score (nSPS) is 13.1. The lowest BCUT2D eigenvalue weighted by Gasteiger charge is -2.31. The molecule has 1 aromatic carbocycles. The first kappa shape index (κ1) is 22.9. The molecule has 1 heterocycles. The Morgan fingerprint density at radius 2 is 1.93 bits per heavy atom. The van der Waals surface area contributed by atoms with Gasteiger partial charge in [-0.25, -0.2) is 4.98 Å². The average Bonchev–Trinajstić information content (AvgIpc) is 3.12. The summed E-state index contributed by atoms with van der Waals surface area (Å²) in [5.74, 6) is -1.25. The van der Waals surface area contributed by atoms with Crippen molar-refractivity contribution in [2.45, 2.75) is 58.8 Å². The fraction of sp³-hybridized carbons (Fsp3) is 0.500. The van der Waals surface area contributed by atoms with Crippen molar-refractivity contribution in [2.24, 2.45) is 5.92 Å². The third-order valence-corrected chi connectivity index (χ3v) is 5.63. The third-order valence-electron chi connectivity index (χ3n) is 4.87. The number of ether oxygens (including phenoxy) is 1. The summed E-state index contributed by atoms with van der Waals surface area (Å²) in [5.41, 5.74) is 1.52. The molecule has 0 bridgehead atoms. The molecule has 0 fully saturated rings. The zero-order valence-electron chi connectivity index (χ0n) is 17.5. The van der Waals surface area contributed by atoms with Crippen LogP contribution in [0.1, 0.15) is 57.7 Å². The monoisotopic (exact) mass is 417 g/mol. The van der Waals surface area contributed by atoms with Gasteiger partial charge in [-0.05, 0) is 57.6 Å². The van der Waals surface area contributed by atoms with Crippen molar-refractivity contribution in [3.63, 3.8) is 0 Å². The van der Waals surface area contributed by atoms with Crippen molar-refractivity contribution in [2.75, 3.05) is 11.9 Å². The lowest BCUT2D eigenvalue weighted by Crippen LogP contribution is -2.40. The first-order valence-corrected chi connectivity index (χ1v) is 10.8. The predicted octanol–water partition coefficient (Wildman–Crippen LogP) is 3.96. The van der Waals surface area contributed by atoms with Crippen LogP contribution in [-0.4, -0.2) is 23.5 Å².